The summed E-state index contributed by atoms with van der Waals surface area (Å²) in [7, 11) is 1.95. The van der Waals surface area contributed by atoms with E-state index < -0.39 is 5.97 Å². The lowest BCUT2D eigenvalue weighted by atomic mass is 10.1. The number of carbonyl (C=O) groups is 1. The molecule has 2 aromatic heterocycles. The highest BCUT2D eigenvalue weighted by Crippen LogP contribution is 2.32. The Labute approximate surface area is 137 Å². The summed E-state index contributed by atoms with van der Waals surface area (Å²) in [6.45, 7) is 3.26. The quantitative estimate of drug-likeness (QED) is 0.821. The normalized spacial score (nSPS) is 10.6. The van der Waals surface area contributed by atoms with Crippen LogP contribution in [-0.4, -0.2) is 24.5 Å². The second-order valence-corrected chi connectivity index (χ2v) is 6.62. The molecule has 2 N–H and O–H groups in total. The molecule has 0 unspecified atom stereocenters. The highest BCUT2D eigenvalue weighted by molar-refractivity contribution is 7.18. The number of thiophene rings is 2. The van der Waals surface area contributed by atoms with Crippen molar-refractivity contribution in [2.75, 3.05) is 19.4 Å². The van der Waals surface area contributed by atoms with Gasteiger partial charge in [-0.1, -0.05) is 0 Å². The van der Waals surface area contributed by atoms with Gasteiger partial charge < -0.3 is 10.5 Å². The van der Waals surface area contributed by atoms with Crippen LogP contribution in [0.25, 0.3) is 0 Å². The molecule has 0 saturated carbocycles. The Kier molecular flexibility index (Phi) is 5.55. The standard InChI is InChI=1S/C15H17N3O2S2/c1-3-20-15(19)13-12(11(6-16)14(17)22-13)8-18(2)7-10-4-5-21-9-10/h4-5,9H,3,7-8,17H2,1-2H3. The van der Waals surface area contributed by atoms with Crippen LogP contribution in [0.5, 0.6) is 0 Å². The molecule has 0 amide bonds. The summed E-state index contributed by atoms with van der Waals surface area (Å²) < 4.78 is 5.06. The zero-order valence-corrected chi connectivity index (χ0v) is 14.1. The Morgan fingerprint density at radius 3 is 2.86 bits per heavy atom. The monoisotopic (exact) mass is 335 g/mol. The second kappa shape index (κ2) is 7.40. The minimum atomic E-state index is -0.417. The summed E-state index contributed by atoms with van der Waals surface area (Å²) in [5, 5.41) is 13.8. The fourth-order valence-electron chi connectivity index (χ4n) is 2.14. The molecule has 0 fully saturated rings. The molecule has 0 aliphatic rings. The van der Waals surface area contributed by atoms with Crippen molar-refractivity contribution < 1.29 is 9.53 Å². The van der Waals surface area contributed by atoms with E-state index in [4.69, 9.17) is 10.5 Å². The molecule has 0 aromatic carbocycles. The number of esters is 1. The van der Waals surface area contributed by atoms with E-state index in [0.717, 1.165) is 17.9 Å². The molecule has 116 valence electrons. The van der Waals surface area contributed by atoms with E-state index in [1.54, 1.807) is 18.3 Å². The van der Waals surface area contributed by atoms with Crippen molar-refractivity contribution >= 4 is 33.6 Å². The Balaban J connectivity index is 2.24. The van der Waals surface area contributed by atoms with E-state index in [0.29, 0.717) is 34.2 Å². The maximum Gasteiger partial charge on any atom is 0.348 e. The lowest BCUT2D eigenvalue weighted by molar-refractivity contribution is 0.0530. The average Bonchev–Trinajstić information content (AvgIpc) is 3.07. The van der Waals surface area contributed by atoms with E-state index in [9.17, 15) is 10.1 Å². The third-order valence-corrected chi connectivity index (χ3v) is 4.84. The van der Waals surface area contributed by atoms with Crippen LogP contribution in [0.15, 0.2) is 16.8 Å². The van der Waals surface area contributed by atoms with Gasteiger partial charge in [-0.15, -0.1) is 11.3 Å². The first-order valence-corrected chi connectivity index (χ1v) is 8.50. The first-order chi connectivity index (χ1) is 10.6. The first kappa shape index (κ1) is 16.5. The van der Waals surface area contributed by atoms with E-state index >= 15 is 0 Å². The lowest BCUT2D eigenvalue weighted by Gasteiger charge is -2.16. The van der Waals surface area contributed by atoms with E-state index in [1.807, 2.05) is 17.3 Å². The molecule has 0 radical (unpaired) electrons. The molecule has 0 aliphatic carbocycles. The summed E-state index contributed by atoms with van der Waals surface area (Å²) in [6.07, 6.45) is 0. The molecule has 2 aromatic rings. The van der Waals surface area contributed by atoms with Crippen LogP contribution in [0.1, 0.15) is 33.3 Å². The second-order valence-electron chi connectivity index (χ2n) is 4.79. The van der Waals surface area contributed by atoms with Crippen LogP contribution in [0.3, 0.4) is 0 Å². The number of ether oxygens (including phenoxy) is 1. The Morgan fingerprint density at radius 2 is 2.27 bits per heavy atom. The topological polar surface area (TPSA) is 79.3 Å². The molecule has 0 atom stereocenters. The van der Waals surface area contributed by atoms with Crippen LogP contribution in [0.4, 0.5) is 5.00 Å². The fraction of sp³-hybridized carbons (Fsp3) is 0.333. The SMILES string of the molecule is CCOC(=O)c1sc(N)c(C#N)c1CN(C)Cc1ccsc1. The average molecular weight is 335 g/mol. The van der Waals surface area contributed by atoms with Crippen molar-refractivity contribution in [1.82, 2.24) is 4.90 Å². The largest absolute Gasteiger partial charge is 0.462 e. The number of nitrogens with two attached hydrogens (primary N) is 1. The van der Waals surface area contributed by atoms with Gasteiger partial charge in [-0.3, -0.25) is 4.90 Å². The molecule has 0 spiro atoms. The minimum absolute atomic E-state index is 0.294. The van der Waals surface area contributed by atoms with Gasteiger partial charge in [0.15, 0.2) is 0 Å². The first-order valence-electron chi connectivity index (χ1n) is 6.74. The highest BCUT2D eigenvalue weighted by atomic mass is 32.1. The van der Waals surface area contributed by atoms with Crippen molar-refractivity contribution in [3.63, 3.8) is 0 Å². The van der Waals surface area contributed by atoms with Gasteiger partial charge in [0.25, 0.3) is 0 Å². The van der Waals surface area contributed by atoms with E-state index in [2.05, 4.69) is 17.5 Å². The molecular weight excluding hydrogens is 318 g/mol. The lowest BCUT2D eigenvalue weighted by Crippen LogP contribution is -2.19. The van der Waals surface area contributed by atoms with Gasteiger partial charge >= 0.3 is 5.97 Å². The number of anilines is 1. The van der Waals surface area contributed by atoms with Crippen molar-refractivity contribution in [2.45, 2.75) is 20.0 Å². The number of hydrogen-bond donors (Lipinski definition) is 1. The minimum Gasteiger partial charge on any atom is -0.462 e. The van der Waals surface area contributed by atoms with Gasteiger partial charge in [0, 0.05) is 18.7 Å². The predicted octanol–water partition coefficient (Wildman–Crippen LogP) is 3.07. The van der Waals surface area contributed by atoms with Gasteiger partial charge in [0.1, 0.15) is 15.9 Å². The van der Waals surface area contributed by atoms with E-state index in [1.165, 1.54) is 5.56 Å². The van der Waals surface area contributed by atoms with Crippen molar-refractivity contribution in [3.8, 4) is 6.07 Å². The zero-order chi connectivity index (χ0) is 16.1. The van der Waals surface area contributed by atoms with Crippen molar-refractivity contribution in [1.29, 1.82) is 5.26 Å². The van der Waals surface area contributed by atoms with Crippen LogP contribution in [0, 0.1) is 11.3 Å². The number of nitriles is 1. The molecule has 0 aliphatic heterocycles. The molecule has 22 heavy (non-hydrogen) atoms. The molecule has 2 heterocycles. The molecule has 7 heteroatoms. The Hall–Kier alpha value is -1.88. The van der Waals surface area contributed by atoms with E-state index in [-0.39, 0.29) is 0 Å². The van der Waals surface area contributed by atoms with Gasteiger partial charge in [0.05, 0.1) is 12.2 Å². The maximum atomic E-state index is 12.1. The molecule has 5 nitrogen and oxygen atoms in total. The third-order valence-electron chi connectivity index (χ3n) is 3.07. The third kappa shape index (κ3) is 3.65. The number of nitrogens with zero attached hydrogens (tertiary/aromatic N) is 2. The van der Waals surface area contributed by atoms with Crippen LogP contribution in [0.2, 0.25) is 0 Å². The zero-order valence-electron chi connectivity index (χ0n) is 12.5. The summed E-state index contributed by atoms with van der Waals surface area (Å²) >= 11 is 2.76. The smallest absolute Gasteiger partial charge is 0.348 e. The summed E-state index contributed by atoms with van der Waals surface area (Å²) in [4.78, 5) is 14.5. The molecule has 2 rings (SSSR count). The van der Waals surface area contributed by atoms with Crippen LogP contribution in [-0.2, 0) is 17.8 Å². The molecule has 0 saturated heterocycles. The van der Waals surface area contributed by atoms with Crippen LogP contribution < -0.4 is 5.73 Å². The van der Waals surface area contributed by atoms with Gasteiger partial charge in [-0.2, -0.15) is 16.6 Å². The summed E-state index contributed by atoms with van der Waals surface area (Å²) in [6, 6.07) is 4.15. The summed E-state index contributed by atoms with van der Waals surface area (Å²) in [5.41, 5.74) is 8.10. The number of rotatable bonds is 6. The van der Waals surface area contributed by atoms with Crippen molar-refractivity contribution in [2.24, 2.45) is 0 Å². The highest BCUT2D eigenvalue weighted by Gasteiger charge is 2.23. The Morgan fingerprint density at radius 1 is 1.50 bits per heavy atom. The number of hydrogen-bond acceptors (Lipinski definition) is 7. The van der Waals surface area contributed by atoms with Crippen molar-refractivity contribution in [3.05, 3.63) is 38.4 Å². The van der Waals surface area contributed by atoms with Gasteiger partial charge in [-0.05, 0) is 36.4 Å². The number of carbonyl (C=O) groups excluding carboxylic acids is 1. The maximum absolute atomic E-state index is 12.1. The molecular formula is C15H17N3O2S2. The molecule has 0 bridgehead atoms. The van der Waals surface area contributed by atoms with Gasteiger partial charge in [0.2, 0.25) is 0 Å². The van der Waals surface area contributed by atoms with Crippen LogP contribution >= 0.6 is 22.7 Å². The van der Waals surface area contributed by atoms with Gasteiger partial charge in [-0.25, -0.2) is 4.79 Å². The fourth-order valence-corrected chi connectivity index (χ4v) is 3.72. The predicted molar refractivity (Wildman–Crippen MR) is 88.9 cm³/mol. The number of nitrogen functional groups attached to an aromatic ring is 1. The Bertz CT molecular complexity index is 686. The summed E-state index contributed by atoms with van der Waals surface area (Å²) in [5.74, 6) is -0.417.